The average Bonchev–Trinajstić information content (AvgIpc) is 2.78. The van der Waals surface area contributed by atoms with Crippen LogP contribution < -0.4 is 5.32 Å². The lowest BCUT2D eigenvalue weighted by molar-refractivity contribution is 0.148. The SMILES string of the molecule is CN1C2CCC1CC(NCc1cc(Br)cs1)C2. The van der Waals surface area contributed by atoms with Gasteiger partial charge >= 0.3 is 0 Å². The van der Waals surface area contributed by atoms with Gasteiger partial charge in [0.1, 0.15) is 0 Å². The molecular formula is C13H19BrN2S. The third-order valence-electron chi connectivity index (χ3n) is 4.28. The third kappa shape index (κ3) is 2.60. The highest BCUT2D eigenvalue weighted by Gasteiger charge is 2.37. The van der Waals surface area contributed by atoms with Gasteiger partial charge in [0.25, 0.3) is 0 Å². The topological polar surface area (TPSA) is 15.3 Å². The molecule has 2 fully saturated rings. The Kier molecular flexibility index (Phi) is 3.57. The lowest BCUT2D eigenvalue weighted by Gasteiger charge is -2.36. The number of nitrogens with zero attached hydrogens (tertiary/aromatic N) is 1. The Morgan fingerprint density at radius 3 is 2.71 bits per heavy atom. The summed E-state index contributed by atoms with van der Waals surface area (Å²) in [5, 5.41) is 5.90. The van der Waals surface area contributed by atoms with Crippen molar-refractivity contribution in [1.82, 2.24) is 10.2 Å². The second-order valence-electron chi connectivity index (χ2n) is 5.33. The number of halogens is 1. The first-order valence-corrected chi connectivity index (χ1v) is 8.08. The van der Waals surface area contributed by atoms with E-state index in [2.05, 4.69) is 44.6 Å². The van der Waals surface area contributed by atoms with Gasteiger partial charge in [-0.1, -0.05) is 0 Å². The maximum atomic E-state index is 3.74. The molecule has 2 atom stereocenters. The third-order valence-corrected chi connectivity index (χ3v) is 5.98. The first-order chi connectivity index (χ1) is 8.22. The lowest BCUT2D eigenvalue weighted by atomic mass is 9.98. The highest BCUT2D eigenvalue weighted by atomic mass is 79.9. The summed E-state index contributed by atoms with van der Waals surface area (Å²) in [7, 11) is 2.30. The zero-order valence-corrected chi connectivity index (χ0v) is 12.6. The molecular weight excluding hydrogens is 296 g/mol. The minimum absolute atomic E-state index is 0.726. The molecule has 0 radical (unpaired) electrons. The summed E-state index contributed by atoms with van der Waals surface area (Å²) in [6, 6.07) is 4.62. The van der Waals surface area contributed by atoms with E-state index in [0.29, 0.717) is 0 Å². The first-order valence-electron chi connectivity index (χ1n) is 6.40. The van der Waals surface area contributed by atoms with Gasteiger partial charge in [0, 0.05) is 39.4 Å². The molecule has 0 spiro atoms. The van der Waals surface area contributed by atoms with E-state index in [-0.39, 0.29) is 0 Å². The van der Waals surface area contributed by atoms with Crippen LogP contribution in [-0.4, -0.2) is 30.1 Å². The van der Waals surface area contributed by atoms with E-state index in [0.717, 1.165) is 24.7 Å². The van der Waals surface area contributed by atoms with E-state index < -0.39 is 0 Å². The number of fused-ring (bicyclic) bond motifs is 2. The van der Waals surface area contributed by atoms with Crippen LogP contribution in [0.1, 0.15) is 30.6 Å². The minimum Gasteiger partial charge on any atom is -0.309 e. The van der Waals surface area contributed by atoms with Crippen LogP contribution in [0.5, 0.6) is 0 Å². The maximum absolute atomic E-state index is 3.74. The van der Waals surface area contributed by atoms with E-state index >= 15 is 0 Å². The van der Waals surface area contributed by atoms with Crippen LogP contribution in [0.4, 0.5) is 0 Å². The van der Waals surface area contributed by atoms with Crippen LogP contribution in [0.3, 0.4) is 0 Å². The van der Waals surface area contributed by atoms with Gasteiger partial charge in [-0.05, 0) is 54.7 Å². The predicted molar refractivity (Wildman–Crippen MR) is 76.5 cm³/mol. The van der Waals surface area contributed by atoms with E-state index in [9.17, 15) is 0 Å². The van der Waals surface area contributed by atoms with Gasteiger partial charge < -0.3 is 10.2 Å². The molecule has 94 valence electrons. The Morgan fingerprint density at radius 2 is 2.12 bits per heavy atom. The number of nitrogens with one attached hydrogen (secondary N) is 1. The van der Waals surface area contributed by atoms with Gasteiger partial charge in [-0.3, -0.25) is 0 Å². The van der Waals surface area contributed by atoms with Crippen molar-refractivity contribution in [3.05, 3.63) is 20.8 Å². The molecule has 1 N–H and O–H groups in total. The summed E-state index contributed by atoms with van der Waals surface area (Å²) in [5.41, 5.74) is 0. The molecule has 0 saturated carbocycles. The van der Waals surface area contributed by atoms with Crippen molar-refractivity contribution in [1.29, 1.82) is 0 Å². The van der Waals surface area contributed by atoms with Crippen LogP contribution in [0.25, 0.3) is 0 Å². The van der Waals surface area contributed by atoms with Gasteiger partial charge in [0.15, 0.2) is 0 Å². The van der Waals surface area contributed by atoms with Gasteiger partial charge in [0.05, 0.1) is 0 Å². The predicted octanol–water partition coefficient (Wildman–Crippen LogP) is 3.23. The Labute approximate surface area is 116 Å². The van der Waals surface area contributed by atoms with Crippen molar-refractivity contribution in [2.24, 2.45) is 0 Å². The van der Waals surface area contributed by atoms with Gasteiger partial charge in [-0.15, -0.1) is 11.3 Å². The highest BCUT2D eigenvalue weighted by molar-refractivity contribution is 9.10. The Morgan fingerprint density at radius 1 is 1.41 bits per heavy atom. The first kappa shape index (κ1) is 12.2. The fourth-order valence-electron chi connectivity index (χ4n) is 3.27. The van der Waals surface area contributed by atoms with E-state index in [1.54, 1.807) is 0 Å². The van der Waals surface area contributed by atoms with Gasteiger partial charge in [-0.2, -0.15) is 0 Å². The van der Waals surface area contributed by atoms with Crippen LogP contribution in [0.2, 0.25) is 0 Å². The molecule has 2 saturated heterocycles. The van der Waals surface area contributed by atoms with Crippen LogP contribution in [0.15, 0.2) is 15.9 Å². The number of piperidine rings is 1. The highest BCUT2D eigenvalue weighted by Crippen LogP contribution is 2.34. The fraction of sp³-hybridized carbons (Fsp3) is 0.692. The number of hydrogen-bond donors (Lipinski definition) is 1. The molecule has 3 heterocycles. The largest absolute Gasteiger partial charge is 0.309 e. The molecule has 0 aromatic carbocycles. The molecule has 2 aliphatic heterocycles. The summed E-state index contributed by atoms with van der Waals surface area (Å²) in [4.78, 5) is 4.03. The van der Waals surface area contributed by atoms with Crippen molar-refractivity contribution in [3.63, 3.8) is 0 Å². The molecule has 2 bridgehead atoms. The molecule has 2 nitrogen and oxygen atoms in total. The zero-order chi connectivity index (χ0) is 11.8. The molecule has 3 rings (SSSR count). The zero-order valence-electron chi connectivity index (χ0n) is 10.2. The minimum atomic E-state index is 0.726. The maximum Gasteiger partial charge on any atom is 0.0302 e. The smallest absolute Gasteiger partial charge is 0.0302 e. The number of hydrogen-bond acceptors (Lipinski definition) is 3. The molecule has 4 heteroatoms. The number of rotatable bonds is 3. The Hall–Kier alpha value is 0.1000. The van der Waals surface area contributed by atoms with Crippen LogP contribution in [-0.2, 0) is 6.54 Å². The van der Waals surface area contributed by atoms with Gasteiger partial charge in [-0.25, -0.2) is 0 Å². The van der Waals surface area contributed by atoms with Crippen molar-refractivity contribution < 1.29 is 0 Å². The van der Waals surface area contributed by atoms with Gasteiger partial charge in [0.2, 0.25) is 0 Å². The van der Waals surface area contributed by atoms with E-state index in [1.165, 1.54) is 35.0 Å². The van der Waals surface area contributed by atoms with E-state index in [4.69, 9.17) is 0 Å². The normalized spacial score (nSPS) is 33.2. The van der Waals surface area contributed by atoms with Crippen molar-refractivity contribution in [2.75, 3.05) is 7.05 Å². The molecule has 1 aromatic heterocycles. The van der Waals surface area contributed by atoms with Crippen molar-refractivity contribution in [3.8, 4) is 0 Å². The molecule has 2 unspecified atom stereocenters. The quantitative estimate of drug-likeness (QED) is 0.921. The monoisotopic (exact) mass is 314 g/mol. The molecule has 2 aliphatic rings. The molecule has 1 aromatic rings. The molecule has 17 heavy (non-hydrogen) atoms. The summed E-state index contributed by atoms with van der Waals surface area (Å²) < 4.78 is 1.21. The Balaban J connectivity index is 1.54. The lowest BCUT2D eigenvalue weighted by Crippen LogP contribution is -2.46. The molecule has 0 amide bonds. The summed E-state index contributed by atoms with van der Waals surface area (Å²) >= 11 is 5.35. The average molecular weight is 315 g/mol. The fourth-order valence-corrected chi connectivity index (χ4v) is 4.67. The second-order valence-corrected chi connectivity index (χ2v) is 7.24. The van der Waals surface area contributed by atoms with Crippen molar-refractivity contribution >= 4 is 27.3 Å². The molecule has 0 aliphatic carbocycles. The Bertz CT molecular complexity index is 379. The standard InChI is InChI=1S/C13H19BrN2S/c1-16-11-2-3-12(16)6-10(5-11)15-7-13-4-9(14)8-17-13/h4,8,10-12,15H,2-3,5-7H2,1H3. The van der Waals surface area contributed by atoms with E-state index in [1.807, 2.05) is 11.3 Å². The second kappa shape index (κ2) is 5.00. The summed E-state index contributed by atoms with van der Waals surface area (Å²) in [5.74, 6) is 0. The van der Waals surface area contributed by atoms with Crippen molar-refractivity contribution in [2.45, 2.75) is 50.4 Å². The summed E-state index contributed by atoms with van der Waals surface area (Å²) in [6.45, 7) is 1.03. The van der Waals surface area contributed by atoms with Crippen LogP contribution >= 0.6 is 27.3 Å². The van der Waals surface area contributed by atoms with Crippen LogP contribution in [0, 0.1) is 0 Å². The number of thiophene rings is 1. The summed E-state index contributed by atoms with van der Waals surface area (Å²) in [6.07, 6.45) is 5.48.